The molecule has 0 bridgehead atoms. The number of ether oxygens (including phenoxy) is 1. The lowest BCUT2D eigenvalue weighted by Gasteiger charge is -2.08. The van der Waals surface area contributed by atoms with E-state index in [9.17, 15) is 9.59 Å². The second kappa shape index (κ2) is 6.34. The molecule has 5 nitrogen and oxygen atoms in total. The topological polar surface area (TPSA) is 61.2 Å². The van der Waals surface area contributed by atoms with Crippen LogP contribution in [0.15, 0.2) is 30.3 Å². The number of imidazole rings is 1. The third-order valence-electron chi connectivity index (χ3n) is 2.70. The van der Waals surface area contributed by atoms with Crippen LogP contribution in [0.5, 0.6) is 0 Å². The standard InChI is InChI=1S/C14H13ClN2O3/c1-2-20-12(19)8-17-11(9-18)13(15)16-14(17)10-6-4-3-5-7-10/h3-7,9H,2,8H2,1H3. The molecule has 0 saturated heterocycles. The smallest absolute Gasteiger partial charge is 0.326 e. The van der Waals surface area contributed by atoms with Crippen molar-refractivity contribution in [3.05, 3.63) is 41.2 Å². The van der Waals surface area contributed by atoms with Crippen molar-refractivity contribution in [2.45, 2.75) is 13.5 Å². The van der Waals surface area contributed by atoms with E-state index in [-0.39, 0.29) is 24.0 Å². The maximum absolute atomic E-state index is 11.6. The maximum Gasteiger partial charge on any atom is 0.326 e. The Balaban J connectivity index is 2.47. The predicted molar refractivity (Wildman–Crippen MR) is 74.7 cm³/mol. The van der Waals surface area contributed by atoms with Crippen LogP contribution in [-0.2, 0) is 16.1 Å². The fraction of sp³-hybridized carbons (Fsp3) is 0.214. The Morgan fingerprint density at radius 3 is 2.70 bits per heavy atom. The summed E-state index contributed by atoms with van der Waals surface area (Å²) in [5, 5.41) is 0.0724. The zero-order chi connectivity index (χ0) is 14.5. The number of aromatic nitrogens is 2. The van der Waals surface area contributed by atoms with E-state index in [1.54, 1.807) is 6.92 Å². The minimum atomic E-state index is -0.443. The lowest BCUT2D eigenvalue weighted by Crippen LogP contribution is -2.16. The van der Waals surface area contributed by atoms with Crippen molar-refractivity contribution in [1.82, 2.24) is 9.55 Å². The molecule has 2 aromatic rings. The molecule has 0 fully saturated rings. The summed E-state index contributed by atoms with van der Waals surface area (Å²) in [5.41, 5.74) is 0.936. The predicted octanol–water partition coefficient (Wildman–Crippen LogP) is 2.58. The molecule has 0 atom stereocenters. The molecule has 0 aliphatic rings. The first kappa shape index (κ1) is 14.3. The summed E-state index contributed by atoms with van der Waals surface area (Å²) in [6.45, 7) is 1.89. The molecule has 0 unspecified atom stereocenters. The normalized spacial score (nSPS) is 10.3. The zero-order valence-electron chi connectivity index (χ0n) is 10.9. The minimum absolute atomic E-state index is 0.0724. The second-order valence-corrected chi connectivity index (χ2v) is 4.34. The van der Waals surface area contributed by atoms with Gasteiger partial charge in [-0.25, -0.2) is 4.98 Å². The van der Waals surface area contributed by atoms with Gasteiger partial charge >= 0.3 is 5.97 Å². The number of carbonyl (C=O) groups is 2. The molecule has 6 heteroatoms. The van der Waals surface area contributed by atoms with Crippen LogP contribution in [0.4, 0.5) is 0 Å². The van der Waals surface area contributed by atoms with Crippen molar-refractivity contribution in [3.8, 4) is 11.4 Å². The van der Waals surface area contributed by atoms with Gasteiger partial charge in [-0.1, -0.05) is 41.9 Å². The van der Waals surface area contributed by atoms with E-state index in [0.717, 1.165) is 5.56 Å². The van der Waals surface area contributed by atoms with Crippen LogP contribution >= 0.6 is 11.6 Å². The van der Waals surface area contributed by atoms with Gasteiger partial charge in [0, 0.05) is 5.56 Å². The number of aldehydes is 1. The van der Waals surface area contributed by atoms with Crippen LogP contribution in [0.2, 0.25) is 5.15 Å². The first-order valence-electron chi connectivity index (χ1n) is 6.09. The van der Waals surface area contributed by atoms with Crippen LogP contribution in [0, 0.1) is 0 Å². The van der Waals surface area contributed by atoms with E-state index < -0.39 is 5.97 Å². The van der Waals surface area contributed by atoms with Crippen LogP contribution in [0.25, 0.3) is 11.4 Å². The van der Waals surface area contributed by atoms with E-state index in [0.29, 0.717) is 12.1 Å². The van der Waals surface area contributed by atoms with E-state index in [2.05, 4.69) is 4.98 Å². The molecule has 0 radical (unpaired) electrons. The highest BCUT2D eigenvalue weighted by atomic mass is 35.5. The summed E-state index contributed by atoms with van der Waals surface area (Å²) in [7, 11) is 0. The van der Waals surface area contributed by atoms with Crippen LogP contribution < -0.4 is 0 Å². The third-order valence-corrected chi connectivity index (χ3v) is 2.98. The molecule has 0 aliphatic heterocycles. The van der Waals surface area contributed by atoms with Gasteiger partial charge in [0.2, 0.25) is 0 Å². The zero-order valence-corrected chi connectivity index (χ0v) is 11.6. The van der Waals surface area contributed by atoms with Crippen LogP contribution in [-0.4, -0.2) is 28.4 Å². The van der Waals surface area contributed by atoms with Gasteiger partial charge in [0.05, 0.1) is 6.61 Å². The molecule has 2 rings (SSSR count). The first-order chi connectivity index (χ1) is 9.67. The number of carbonyl (C=O) groups excluding carboxylic acids is 2. The van der Waals surface area contributed by atoms with Crippen molar-refractivity contribution in [2.75, 3.05) is 6.61 Å². The van der Waals surface area contributed by atoms with Crippen molar-refractivity contribution in [3.63, 3.8) is 0 Å². The summed E-state index contributed by atoms with van der Waals surface area (Å²) >= 11 is 5.95. The van der Waals surface area contributed by atoms with Gasteiger partial charge in [0.15, 0.2) is 11.4 Å². The largest absolute Gasteiger partial charge is 0.465 e. The Morgan fingerprint density at radius 2 is 2.10 bits per heavy atom. The molecule has 0 aliphatic carbocycles. The highest BCUT2D eigenvalue weighted by molar-refractivity contribution is 6.31. The first-order valence-corrected chi connectivity index (χ1v) is 6.47. The molecule has 1 aromatic carbocycles. The lowest BCUT2D eigenvalue weighted by molar-refractivity contribution is -0.143. The monoisotopic (exact) mass is 292 g/mol. The summed E-state index contributed by atoms with van der Waals surface area (Å²) in [5.74, 6) is 0.0209. The van der Waals surface area contributed by atoms with E-state index >= 15 is 0 Å². The summed E-state index contributed by atoms with van der Waals surface area (Å²) in [4.78, 5) is 26.9. The molecule has 0 saturated carbocycles. The van der Waals surface area contributed by atoms with Crippen molar-refractivity contribution >= 4 is 23.9 Å². The average Bonchev–Trinajstić information content (AvgIpc) is 2.76. The van der Waals surface area contributed by atoms with Crippen LogP contribution in [0.3, 0.4) is 0 Å². The molecule has 0 N–H and O–H groups in total. The van der Waals surface area contributed by atoms with Gasteiger partial charge in [0.1, 0.15) is 18.1 Å². The van der Waals surface area contributed by atoms with Crippen molar-refractivity contribution < 1.29 is 14.3 Å². The summed E-state index contributed by atoms with van der Waals surface area (Å²) in [6.07, 6.45) is 0.584. The molecule has 1 aromatic heterocycles. The molecular formula is C14H13ClN2O3. The molecule has 0 spiro atoms. The Bertz CT molecular complexity index is 623. The van der Waals surface area contributed by atoms with Gasteiger partial charge in [0.25, 0.3) is 0 Å². The Morgan fingerprint density at radius 1 is 1.40 bits per heavy atom. The second-order valence-electron chi connectivity index (χ2n) is 3.99. The van der Waals surface area contributed by atoms with Crippen molar-refractivity contribution in [1.29, 1.82) is 0 Å². The SMILES string of the molecule is CCOC(=O)Cn1c(-c2ccccc2)nc(Cl)c1C=O. The highest BCUT2D eigenvalue weighted by Crippen LogP contribution is 2.24. The Labute approximate surface area is 121 Å². The van der Waals surface area contributed by atoms with E-state index in [1.807, 2.05) is 30.3 Å². The van der Waals surface area contributed by atoms with Gasteiger partial charge in [-0.15, -0.1) is 0 Å². The van der Waals surface area contributed by atoms with Gasteiger partial charge < -0.3 is 9.30 Å². The summed E-state index contributed by atoms with van der Waals surface area (Å²) < 4.78 is 6.36. The van der Waals surface area contributed by atoms with E-state index in [4.69, 9.17) is 16.3 Å². The van der Waals surface area contributed by atoms with Gasteiger partial charge in [-0.3, -0.25) is 9.59 Å². The minimum Gasteiger partial charge on any atom is -0.465 e. The van der Waals surface area contributed by atoms with Crippen molar-refractivity contribution in [2.24, 2.45) is 0 Å². The molecule has 104 valence electrons. The number of benzene rings is 1. The number of rotatable bonds is 5. The van der Waals surface area contributed by atoms with E-state index in [1.165, 1.54) is 4.57 Å². The maximum atomic E-state index is 11.6. The average molecular weight is 293 g/mol. The third kappa shape index (κ3) is 2.88. The number of halogens is 1. The Hall–Kier alpha value is -2.14. The quantitative estimate of drug-likeness (QED) is 0.628. The fourth-order valence-corrected chi connectivity index (χ4v) is 2.08. The molecule has 0 amide bonds. The highest BCUT2D eigenvalue weighted by Gasteiger charge is 2.19. The van der Waals surface area contributed by atoms with Gasteiger partial charge in [-0.05, 0) is 6.92 Å². The molecule has 20 heavy (non-hydrogen) atoms. The fourth-order valence-electron chi connectivity index (χ4n) is 1.85. The van der Waals surface area contributed by atoms with Crippen LogP contribution in [0.1, 0.15) is 17.4 Å². The number of esters is 1. The van der Waals surface area contributed by atoms with Gasteiger partial charge in [-0.2, -0.15) is 0 Å². The number of hydrogen-bond acceptors (Lipinski definition) is 4. The Kier molecular flexibility index (Phi) is 4.53. The number of hydrogen-bond donors (Lipinski definition) is 0. The summed E-state index contributed by atoms with van der Waals surface area (Å²) in [6, 6.07) is 9.20. The number of nitrogens with zero attached hydrogens (tertiary/aromatic N) is 2. The molecule has 1 heterocycles. The lowest BCUT2D eigenvalue weighted by atomic mass is 10.2. The molecular weight excluding hydrogens is 280 g/mol.